The molecule has 0 fully saturated rings. The van der Waals surface area contributed by atoms with Crippen molar-refractivity contribution in [2.24, 2.45) is 0 Å². The number of fused-ring (bicyclic) bond motifs is 1. The molecule has 3 rings (SSSR count). The topological polar surface area (TPSA) is 150 Å². The summed E-state index contributed by atoms with van der Waals surface area (Å²) in [6.07, 6.45) is 0. The van der Waals surface area contributed by atoms with E-state index in [1.54, 1.807) is 25.1 Å². The molecular weight excluding hydrogens is 374 g/mol. The average molecular weight is 391 g/mol. The summed E-state index contributed by atoms with van der Waals surface area (Å²) < 4.78 is 25.9. The maximum atomic E-state index is 11.9. The van der Waals surface area contributed by atoms with Gasteiger partial charge in [0.15, 0.2) is 0 Å². The van der Waals surface area contributed by atoms with E-state index in [1.807, 2.05) is 0 Å². The molecule has 2 aromatic carbocycles. The third-order valence-electron chi connectivity index (χ3n) is 4.16. The van der Waals surface area contributed by atoms with Crippen LogP contribution in [-0.4, -0.2) is 30.4 Å². The van der Waals surface area contributed by atoms with Crippen molar-refractivity contribution >= 4 is 32.4 Å². The van der Waals surface area contributed by atoms with Gasteiger partial charge in [0.25, 0.3) is 5.69 Å². The molecule has 0 aliphatic carbocycles. The lowest BCUT2D eigenvalue weighted by Gasteiger charge is -2.16. The Labute approximate surface area is 153 Å². The molecule has 0 saturated heterocycles. The van der Waals surface area contributed by atoms with Gasteiger partial charge in [-0.2, -0.15) is 0 Å². The zero-order valence-corrected chi connectivity index (χ0v) is 15.3. The summed E-state index contributed by atoms with van der Waals surface area (Å²) in [5.41, 5.74) is 1.58. The van der Waals surface area contributed by atoms with Crippen LogP contribution in [-0.2, 0) is 10.0 Å². The number of nitro benzene ring substituents is 1. The lowest BCUT2D eigenvalue weighted by Crippen LogP contribution is -2.19. The molecule has 0 amide bonds. The van der Waals surface area contributed by atoms with Crippen LogP contribution in [0.15, 0.2) is 46.1 Å². The minimum Gasteiger partial charge on any atom is -0.373 e. The number of imidazole rings is 1. The second-order valence-electron chi connectivity index (χ2n) is 5.89. The second kappa shape index (κ2) is 6.85. The molecule has 3 aromatic rings. The van der Waals surface area contributed by atoms with E-state index in [4.69, 9.17) is 0 Å². The highest BCUT2D eigenvalue weighted by molar-refractivity contribution is 7.89. The molecule has 4 N–H and O–H groups in total. The van der Waals surface area contributed by atoms with Gasteiger partial charge in [0, 0.05) is 12.1 Å². The summed E-state index contributed by atoms with van der Waals surface area (Å²) in [5, 5.41) is 14.4. The number of hydrogen-bond donors (Lipinski definition) is 4. The summed E-state index contributed by atoms with van der Waals surface area (Å²) in [5.74, 6) is 0. The number of nitrogens with zero attached hydrogens (tertiary/aromatic N) is 1. The molecule has 27 heavy (non-hydrogen) atoms. The largest absolute Gasteiger partial charge is 0.373 e. The third kappa shape index (κ3) is 3.68. The minimum atomic E-state index is -3.79. The van der Waals surface area contributed by atoms with E-state index in [2.05, 4.69) is 20.0 Å². The van der Waals surface area contributed by atoms with Crippen LogP contribution >= 0.6 is 0 Å². The number of sulfonamides is 1. The molecule has 0 saturated carbocycles. The van der Waals surface area contributed by atoms with Crippen LogP contribution in [0.1, 0.15) is 18.5 Å². The van der Waals surface area contributed by atoms with Crippen LogP contribution in [0, 0.1) is 10.1 Å². The van der Waals surface area contributed by atoms with Gasteiger partial charge in [0.1, 0.15) is 5.69 Å². The number of nitro groups is 1. The fourth-order valence-corrected chi connectivity index (χ4v) is 3.46. The molecule has 0 spiro atoms. The molecule has 0 unspecified atom stereocenters. The fraction of sp³-hybridized carbons (Fsp3) is 0.188. The minimum absolute atomic E-state index is 0.185. The Morgan fingerprint density at radius 2 is 1.81 bits per heavy atom. The van der Waals surface area contributed by atoms with Gasteiger partial charge >= 0.3 is 5.69 Å². The number of H-pyrrole nitrogens is 2. The van der Waals surface area contributed by atoms with Crippen molar-refractivity contribution in [3.8, 4) is 0 Å². The monoisotopic (exact) mass is 391 g/mol. The number of benzene rings is 2. The highest BCUT2D eigenvalue weighted by Gasteiger charge is 2.21. The molecule has 1 aromatic heterocycles. The first-order valence-electron chi connectivity index (χ1n) is 7.92. The Hall–Kier alpha value is -3.18. The number of hydrogen-bond acceptors (Lipinski definition) is 6. The normalized spacial score (nSPS) is 12.8. The standard InChI is InChI=1S/C16H17N5O5S/c1-9(10-3-5-12-14(7-10)20-16(22)19-12)18-13-6-4-11(27(25,26)17-2)8-15(13)21(23)24/h3-9,17-18H,1-2H3,(H2,19,20,22)/t9-/m1/s1. The van der Waals surface area contributed by atoms with Gasteiger partial charge in [-0.15, -0.1) is 0 Å². The van der Waals surface area contributed by atoms with Crippen LogP contribution in [0.2, 0.25) is 0 Å². The fourth-order valence-electron chi connectivity index (χ4n) is 2.71. The summed E-state index contributed by atoms with van der Waals surface area (Å²) in [6, 6.07) is 8.60. The number of nitrogens with one attached hydrogen (secondary N) is 4. The number of anilines is 1. The zero-order chi connectivity index (χ0) is 19.8. The van der Waals surface area contributed by atoms with Crippen molar-refractivity contribution in [1.82, 2.24) is 14.7 Å². The highest BCUT2D eigenvalue weighted by Crippen LogP contribution is 2.31. The maximum Gasteiger partial charge on any atom is 0.323 e. The molecule has 1 atom stereocenters. The van der Waals surface area contributed by atoms with Gasteiger partial charge in [-0.1, -0.05) is 6.07 Å². The van der Waals surface area contributed by atoms with Gasteiger partial charge in [-0.25, -0.2) is 17.9 Å². The van der Waals surface area contributed by atoms with Gasteiger partial charge < -0.3 is 15.3 Å². The molecular formula is C16H17N5O5S. The summed E-state index contributed by atoms with van der Waals surface area (Å²) in [7, 11) is -2.56. The van der Waals surface area contributed by atoms with Crippen LogP contribution in [0.3, 0.4) is 0 Å². The van der Waals surface area contributed by atoms with E-state index in [-0.39, 0.29) is 28.0 Å². The van der Waals surface area contributed by atoms with Crippen LogP contribution < -0.4 is 15.7 Å². The van der Waals surface area contributed by atoms with E-state index in [1.165, 1.54) is 19.2 Å². The summed E-state index contributed by atoms with van der Waals surface area (Å²) in [6.45, 7) is 1.80. The molecule has 0 radical (unpaired) electrons. The predicted molar refractivity (Wildman–Crippen MR) is 100 cm³/mol. The van der Waals surface area contributed by atoms with Gasteiger partial charge in [0.2, 0.25) is 10.0 Å². The Balaban J connectivity index is 1.95. The molecule has 0 aliphatic rings. The second-order valence-corrected chi connectivity index (χ2v) is 7.78. The van der Waals surface area contributed by atoms with Crippen molar-refractivity contribution in [2.75, 3.05) is 12.4 Å². The zero-order valence-electron chi connectivity index (χ0n) is 14.4. The average Bonchev–Trinajstić information content (AvgIpc) is 3.00. The molecule has 0 aliphatic heterocycles. The molecule has 10 nitrogen and oxygen atoms in total. The first kappa shape index (κ1) is 18.6. The number of aromatic amines is 2. The third-order valence-corrected chi connectivity index (χ3v) is 5.57. The van der Waals surface area contributed by atoms with E-state index < -0.39 is 14.9 Å². The first-order chi connectivity index (χ1) is 12.7. The Morgan fingerprint density at radius 1 is 1.11 bits per heavy atom. The lowest BCUT2D eigenvalue weighted by atomic mass is 10.1. The summed E-state index contributed by atoms with van der Waals surface area (Å²) >= 11 is 0. The van der Waals surface area contributed by atoms with Crippen molar-refractivity contribution in [3.63, 3.8) is 0 Å². The van der Waals surface area contributed by atoms with Crippen LogP contribution in [0.4, 0.5) is 11.4 Å². The Kier molecular flexibility index (Phi) is 4.72. The van der Waals surface area contributed by atoms with Crippen molar-refractivity contribution in [2.45, 2.75) is 17.9 Å². The van der Waals surface area contributed by atoms with E-state index in [0.717, 1.165) is 11.6 Å². The molecule has 11 heteroatoms. The van der Waals surface area contributed by atoms with Crippen LogP contribution in [0.5, 0.6) is 0 Å². The lowest BCUT2D eigenvalue weighted by molar-refractivity contribution is -0.384. The van der Waals surface area contributed by atoms with Gasteiger partial charge in [0.05, 0.1) is 20.9 Å². The maximum absolute atomic E-state index is 11.9. The van der Waals surface area contributed by atoms with E-state index in [0.29, 0.717) is 11.0 Å². The molecule has 1 heterocycles. The van der Waals surface area contributed by atoms with E-state index >= 15 is 0 Å². The summed E-state index contributed by atoms with van der Waals surface area (Å²) in [4.78, 5) is 27.2. The van der Waals surface area contributed by atoms with Crippen molar-refractivity contribution in [1.29, 1.82) is 0 Å². The molecule has 142 valence electrons. The Bertz CT molecular complexity index is 1180. The van der Waals surface area contributed by atoms with Crippen molar-refractivity contribution < 1.29 is 13.3 Å². The highest BCUT2D eigenvalue weighted by atomic mass is 32.2. The van der Waals surface area contributed by atoms with Gasteiger partial charge in [-0.05, 0) is 43.8 Å². The predicted octanol–water partition coefficient (Wildman–Crippen LogP) is 1.85. The van der Waals surface area contributed by atoms with E-state index in [9.17, 15) is 23.3 Å². The number of aromatic nitrogens is 2. The molecule has 0 bridgehead atoms. The Morgan fingerprint density at radius 3 is 2.48 bits per heavy atom. The van der Waals surface area contributed by atoms with Crippen LogP contribution in [0.25, 0.3) is 11.0 Å². The SMILES string of the molecule is CNS(=O)(=O)c1ccc(N[C@H](C)c2ccc3[nH]c(=O)[nH]c3c2)c([N+](=O)[O-])c1. The first-order valence-corrected chi connectivity index (χ1v) is 9.40. The van der Waals surface area contributed by atoms with Crippen molar-refractivity contribution in [3.05, 3.63) is 62.6 Å². The number of rotatable bonds is 6. The van der Waals surface area contributed by atoms with Gasteiger partial charge in [-0.3, -0.25) is 10.1 Å². The smallest absolute Gasteiger partial charge is 0.323 e. The quantitative estimate of drug-likeness (QED) is 0.372.